The Morgan fingerprint density at radius 1 is 1.35 bits per heavy atom. The summed E-state index contributed by atoms with van der Waals surface area (Å²) in [5.41, 5.74) is 0.720. The number of allylic oxidation sites excluding steroid dienone is 1. The molecule has 1 aromatic rings. The predicted molar refractivity (Wildman–Crippen MR) is 76.8 cm³/mol. The molecule has 0 amide bonds. The Morgan fingerprint density at radius 3 is 2.76 bits per heavy atom. The van der Waals surface area contributed by atoms with Gasteiger partial charge in [-0.1, -0.05) is 24.1 Å². The van der Waals surface area contributed by atoms with Crippen LogP contribution in [0.4, 0.5) is 0 Å². The van der Waals surface area contributed by atoms with E-state index in [9.17, 15) is 4.79 Å². The standard InChI is InChI=1S/C14H16BrClO/c1-2-3-4-5-6-7-14(17)12-9-8-11(16)10-13(12)15/h2,8-10H,1,3-7H2. The second-order valence-electron chi connectivity index (χ2n) is 3.94. The Labute approximate surface area is 116 Å². The van der Waals surface area contributed by atoms with Gasteiger partial charge in [0.1, 0.15) is 0 Å². The Balaban J connectivity index is 2.44. The van der Waals surface area contributed by atoms with Crippen molar-refractivity contribution >= 4 is 33.3 Å². The highest BCUT2D eigenvalue weighted by molar-refractivity contribution is 9.10. The number of benzene rings is 1. The summed E-state index contributed by atoms with van der Waals surface area (Å²) in [5.74, 6) is 0.173. The minimum absolute atomic E-state index is 0.173. The molecule has 1 aromatic carbocycles. The van der Waals surface area contributed by atoms with Crippen molar-refractivity contribution in [3.05, 3.63) is 45.9 Å². The SMILES string of the molecule is C=CCCCCCC(=O)c1ccc(Cl)cc1Br. The second kappa shape index (κ2) is 7.67. The number of hydrogen-bond donors (Lipinski definition) is 0. The van der Waals surface area contributed by atoms with Gasteiger partial charge in [-0.25, -0.2) is 0 Å². The van der Waals surface area contributed by atoms with E-state index in [1.54, 1.807) is 18.2 Å². The van der Waals surface area contributed by atoms with Gasteiger partial charge >= 0.3 is 0 Å². The highest BCUT2D eigenvalue weighted by atomic mass is 79.9. The van der Waals surface area contributed by atoms with E-state index in [4.69, 9.17) is 11.6 Å². The lowest BCUT2D eigenvalue weighted by molar-refractivity contribution is 0.0978. The van der Waals surface area contributed by atoms with E-state index >= 15 is 0 Å². The molecule has 0 radical (unpaired) electrons. The van der Waals surface area contributed by atoms with E-state index in [0.29, 0.717) is 11.4 Å². The van der Waals surface area contributed by atoms with Crippen LogP contribution in [0.1, 0.15) is 42.5 Å². The molecule has 0 heterocycles. The Kier molecular flexibility index (Phi) is 6.53. The fraction of sp³-hybridized carbons (Fsp3) is 0.357. The maximum Gasteiger partial charge on any atom is 0.164 e. The van der Waals surface area contributed by atoms with Gasteiger partial charge in [0.25, 0.3) is 0 Å². The topological polar surface area (TPSA) is 17.1 Å². The van der Waals surface area contributed by atoms with Crippen LogP contribution >= 0.6 is 27.5 Å². The molecule has 3 heteroatoms. The van der Waals surface area contributed by atoms with Crippen molar-refractivity contribution in [2.24, 2.45) is 0 Å². The van der Waals surface area contributed by atoms with Crippen molar-refractivity contribution < 1.29 is 4.79 Å². The summed E-state index contributed by atoms with van der Waals surface area (Å²) >= 11 is 9.20. The molecule has 1 rings (SSSR count). The summed E-state index contributed by atoms with van der Waals surface area (Å²) < 4.78 is 0.779. The average Bonchev–Trinajstić information content (AvgIpc) is 2.28. The van der Waals surface area contributed by atoms with Gasteiger partial charge < -0.3 is 0 Å². The number of Topliss-reactive ketones (excluding diaryl/α,β-unsaturated/α-hetero) is 1. The lowest BCUT2D eigenvalue weighted by atomic mass is 10.0. The molecule has 0 unspecified atom stereocenters. The molecule has 1 nitrogen and oxygen atoms in total. The lowest BCUT2D eigenvalue weighted by Gasteiger charge is -2.04. The van der Waals surface area contributed by atoms with E-state index in [1.165, 1.54) is 0 Å². The minimum atomic E-state index is 0.173. The summed E-state index contributed by atoms with van der Waals surface area (Å²) in [6.07, 6.45) is 6.65. The van der Waals surface area contributed by atoms with Crippen LogP contribution in [0.5, 0.6) is 0 Å². The van der Waals surface area contributed by atoms with Crippen LogP contribution in [0.2, 0.25) is 5.02 Å². The lowest BCUT2D eigenvalue weighted by Crippen LogP contribution is -2.00. The van der Waals surface area contributed by atoms with Crippen molar-refractivity contribution in [3.8, 4) is 0 Å². The quantitative estimate of drug-likeness (QED) is 0.373. The number of rotatable bonds is 7. The van der Waals surface area contributed by atoms with Crippen LogP contribution < -0.4 is 0 Å². The molecule has 0 saturated heterocycles. The maximum absolute atomic E-state index is 11.9. The zero-order valence-electron chi connectivity index (χ0n) is 9.72. The first-order valence-electron chi connectivity index (χ1n) is 5.74. The number of halogens is 2. The van der Waals surface area contributed by atoms with Gasteiger partial charge in [-0.15, -0.1) is 6.58 Å². The largest absolute Gasteiger partial charge is 0.294 e. The summed E-state index contributed by atoms with van der Waals surface area (Å²) in [5, 5.41) is 0.638. The Bertz CT molecular complexity index is 401. The third-order valence-corrected chi connectivity index (χ3v) is 3.43. The normalized spacial score (nSPS) is 10.2. The molecular weight excluding hydrogens is 300 g/mol. The van der Waals surface area contributed by atoms with Gasteiger partial charge in [0.05, 0.1) is 0 Å². The van der Waals surface area contributed by atoms with Gasteiger partial charge in [-0.2, -0.15) is 0 Å². The molecule has 0 aliphatic rings. The molecule has 92 valence electrons. The van der Waals surface area contributed by atoms with Crippen LogP contribution in [-0.4, -0.2) is 5.78 Å². The molecule has 0 spiro atoms. The van der Waals surface area contributed by atoms with Crippen LogP contribution in [-0.2, 0) is 0 Å². The highest BCUT2D eigenvalue weighted by Crippen LogP contribution is 2.23. The van der Waals surface area contributed by atoms with E-state index < -0.39 is 0 Å². The minimum Gasteiger partial charge on any atom is -0.294 e. The van der Waals surface area contributed by atoms with Gasteiger partial charge in [0.2, 0.25) is 0 Å². The van der Waals surface area contributed by atoms with Crippen molar-refractivity contribution in [2.75, 3.05) is 0 Å². The first-order chi connectivity index (χ1) is 8.15. The van der Waals surface area contributed by atoms with Gasteiger partial charge in [0, 0.05) is 21.5 Å². The molecule has 0 fully saturated rings. The van der Waals surface area contributed by atoms with Gasteiger partial charge in [-0.05, 0) is 53.4 Å². The fourth-order valence-corrected chi connectivity index (χ4v) is 2.51. The molecule has 0 saturated carbocycles. The van der Waals surface area contributed by atoms with Crippen molar-refractivity contribution in [3.63, 3.8) is 0 Å². The van der Waals surface area contributed by atoms with Crippen LogP contribution in [0.25, 0.3) is 0 Å². The predicted octanol–water partition coefficient (Wildman–Crippen LogP) is 5.42. The first-order valence-corrected chi connectivity index (χ1v) is 6.91. The molecule has 0 aromatic heterocycles. The summed E-state index contributed by atoms with van der Waals surface area (Å²) in [6.45, 7) is 3.68. The smallest absolute Gasteiger partial charge is 0.164 e. The first kappa shape index (κ1) is 14.5. The summed E-state index contributed by atoms with van der Waals surface area (Å²) in [7, 11) is 0. The molecule has 0 atom stereocenters. The molecule has 0 bridgehead atoms. The molecular formula is C14H16BrClO. The number of carbonyl (C=O) groups excluding carboxylic acids is 1. The zero-order valence-corrected chi connectivity index (χ0v) is 12.1. The fourth-order valence-electron chi connectivity index (χ4n) is 1.60. The highest BCUT2D eigenvalue weighted by Gasteiger charge is 2.09. The van der Waals surface area contributed by atoms with Crippen molar-refractivity contribution in [2.45, 2.75) is 32.1 Å². The Morgan fingerprint density at radius 2 is 2.12 bits per heavy atom. The van der Waals surface area contributed by atoms with E-state index in [2.05, 4.69) is 22.5 Å². The molecule has 0 aliphatic carbocycles. The number of hydrogen-bond acceptors (Lipinski definition) is 1. The molecule has 0 aliphatic heterocycles. The van der Waals surface area contributed by atoms with Crippen molar-refractivity contribution in [1.82, 2.24) is 0 Å². The number of unbranched alkanes of at least 4 members (excludes halogenated alkanes) is 3. The molecule has 0 N–H and O–H groups in total. The number of ketones is 1. The maximum atomic E-state index is 11.9. The zero-order chi connectivity index (χ0) is 12.7. The van der Waals surface area contributed by atoms with Crippen molar-refractivity contribution in [1.29, 1.82) is 0 Å². The van der Waals surface area contributed by atoms with Crippen LogP contribution in [0.15, 0.2) is 35.3 Å². The van der Waals surface area contributed by atoms with Gasteiger partial charge in [0.15, 0.2) is 5.78 Å². The summed E-state index contributed by atoms with van der Waals surface area (Å²) in [4.78, 5) is 11.9. The second-order valence-corrected chi connectivity index (χ2v) is 5.23. The molecule has 17 heavy (non-hydrogen) atoms. The number of carbonyl (C=O) groups is 1. The van der Waals surface area contributed by atoms with E-state index in [-0.39, 0.29) is 5.78 Å². The third kappa shape index (κ3) is 5.05. The van der Waals surface area contributed by atoms with Crippen LogP contribution in [0, 0.1) is 0 Å². The van der Waals surface area contributed by atoms with E-state index in [0.717, 1.165) is 35.7 Å². The summed E-state index contributed by atoms with van der Waals surface area (Å²) in [6, 6.07) is 5.28. The van der Waals surface area contributed by atoms with Crippen LogP contribution in [0.3, 0.4) is 0 Å². The average molecular weight is 316 g/mol. The Hall–Kier alpha value is -0.600. The monoisotopic (exact) mass is 314 g/mol. The third-order valence-electron chi connectivity index (χ3n) is 2.54. The van der Waals surface area contributed by atoms with Gasteiger partial charge in [-0.3, -0.25) is 4.79 Å². The van der Waals surface area contributed by atoms with E-state index in [1.807, 2.05) is 6.08 Å².